The molecule has 180 valence electrons. The highest BCUT2D eigenvalue weighted by Crippen LogP contribution is 2.34. The van der Waals surface area contributed by atoms with Crippen LogP contribution in [0.5, 0.6) is 5.75 Å². The van der Waals surface area contributed by atoms with Gasteiger partial charge < -0.3 is 15.0 Å². The maximum Gasteiger partial charge on any atom is 0.254 e. The van der Waals surface area contributed by atoms with E-state index in [1.165, 1.54) is 6.07 Å². The number of hydrogen-bond acceptors (Lipinski definition) is 5. The van der Waals surface area contributed by atoms with Crippen LogP contribution in [0.25, 0.3) is 0 Å². The standard InChI is InChI=1S/C23H26ClFN6O3/c1-3-34-22-16(24)10-14(11-17(22)25)23(33)31-8-5-4-6-19(31)18-13-20(28-27-18)26-21(32)12-15-7-9-30(2)29-15/h7,9-11,13,19H,3-6,8,12H2,1-2H3,(H2,26,27,28,32). The molecule has 1 aliphatic heterocycles. The molecular formula is C23H26ClFN6O3. The Labute approximate surface area is 201 Å². The second kappa shape index (κ2) is 10.3. The fourth-order valence-electron chi connectivity index (χ4n) is 4.11. The quantitative estimate of drug-likeness (QED) is 0.525. The molecule has 1 unspecified atom stereocenters. The molecule has 3 aromatic rings. The van der Waals surface area contributed by atoms with E-state index in [0.29, 0.717) is 30.2 Å². The Morgan fingerprint density at radius 3 is 2.85 bits per heavy atom. The van der Waals surface area contributed by atoms with Crippen molar-refractivity contribution in [2.45, 2.75) is 38.6 Å². The first-order valence-corrected chi connectivity index (χ1v) is 11.5. The number of carbonyl (C=O) groups is 2. The van der Waals surface area contributed by atoms with Crippen molar-refractivity contribution in [2.75, 3.05) is 18.5 Å². The Kier molecular flexibility index (Phi) is 7.16. The summed E-state index contributed by atoms with van der Waals surface area (Å²) in [6.07, 6.45) is 4.36. The number of rotatable bonds is 7. The van der Waals surface area contributed by atoms with Gasteiger partial charge in [0.25, 0.3) is 5.91 Å². The zero-order valence-corrected chi connectivity index (χ0v) is 19.7. The van der Waals surface area contributed by atoms with E-state index in [0.717, 1.165) is 18.9 Å². The Morgan fingerprint density at radius 2 is 2.15 bits per heavy atom. The number of ether oxygens (including phenoxy) is 1. The third-order valence-corrected chi connectivity index (χ3v) is 5.91. The number of benzene rings is 1. The number of likely N-dealkylation sites (tertiary alicyclic amines) is 1. The molecule has 0 spiro atoms. The zero-order valence-electron chi connectivity index (χ0n) is 19.0. The predicted molar refractivity (Wildman–Crippen MR) is 124 cm³/mol. The predicted octanol–water partition coefficient (Wildman–Crippen LogP) is 3.88. The molecule has 0 bridgehead atoms. The maximum absolute atomic E-state index is 14.5. The molecule has 0 saturated carbocycles. The lowest BCUT2D eigenvalue weighted by Crippen LogP contribution is -2.38. The van der Waals surface area contributed by atoms with Crippen LogP contribution >= 0.6 is 11.6 Å². The molecule has 3 heterocycles. The van der Waals surface area contributed by atoms with Gasteiger partial charge >= 0.3 is 0 Å². The lowest BCUT2D eigenvalue weighted by molar-refractivity contribution is -0.115. The van der Waals surface area contributed by atoms with Crippen LogP contribution in [0.2, 0.25) is 5.02 Å². The lowest BCUT2D eigenvalue weighted by atomic mass is 9.98. The molecule has 9 nitrogen and oxygen atoms in total. The van der Waals surface area contributed by atoms with Gasteiger partial charge in [0.1, 0.15) is 0 Å². The SMILES string of the molecule is CCOc1c(F)cc(C(=O)N2CCCCC2c2cc(NC(=O)Cc3ccn(C)n3)n[nH]2)cc1Cl. The number of aromatic amines is 1. The first kappa shape index (κ1) is 23.7. The molecule has 0 aliphatic carbocycles. The number of amides is 2. The van der Waals surface area contributed by atoms with Crippen molar-refractivity contribution in [1.29, 1.82) is 0 Å². The summed E-state index contributed by atoms with van der Waals surface area (Å²) in [5, 5.41) is 14.1. The second-order valence-corrected chi connectivity index (χ2v) is 8.53. The van der Waals surface area contributed by atoms with Gasteiger partial charge in [-0.1, -0.05) is 11.6 Å². The summed E-state index contributed by atoms with van der Waals surface area (Å²) >= 11 is 6.16. The number of nitrogens with zero attached hydrogens (tertiary/aromatic N) is 4. The van der Waals surface area contributed by atoms with Crippen molar-refractivity contribution in [3.63, 3.8) is 0 Å². The topological polar surface area (TPSA) is 105 Å². The zero-order chi connectivity index (χ0) is 24.2. The molecular weight excluding hydrogens is 463 g/mol. The number of aryl methyl sites for hydroxylation is 1. The van der Waals surface area contributed by atoms with Gasteiger partial charge in [0.05, 0.1) is 35.5 Å². The lowest BCUT2D eigenvalue weighted by Gasteiger charge is -2.35. The number of halogens is 2. The molecule has 1 atom stereocenters. The van der Waals surface area contributed by atoms with Crippen LogP contribution in [0.3, 0.4) is 0 Å². The summed E-state index contributed by atoms with van der Waals surface area (Å²) in [4.78, 5) is 27.3. The minimum atomic E-state index is -0.675. The van der Waals surface area contributed by atoms with Crippen molar-refractivity contribution >= 4 is 29.2 Å². The molecule has 2 amide bonds. The Morgan fingerprint density at radius 1 is 1.32 bits per heavy atom. The number of piperidine rings is 1. The molecule has 4 rings (SSSR count). The normalized spacial score (nSPS) is 15.9. The number of H-pyrrole nitrogens is 1. The number of nitrogens with one attached hydrogen (secondary N) is 2. The Bertz CT molecular complexity index is 1170. The highest BCUT2D eigenvalue weighted by atomic mass is 35.5. The van der Waals surface area contributed by atoms with E-state index in [4.69, 9.17) is 16.3 Å². The number of aromatic nitrogens is 4. The monoisotopic (exact) mass is 488 g/mol. The highest BCUT2D eigenvalue weighted by molar-refractivity contribution is 6.32. The maximum atomic E-state index is 14.5. The van der Waals surface area contributed by atoms with Gasteiger partial charge in [-0.2, -0.15) is 10.2 Å². The van der Waals surface area contributed by atoms with E-state index < -0.39 is 5.82 Å². The van der Waals surface area contributed by atoms with Crippen molar-refractivity contribution in [1.82, 2.24) is 24.9 Å². The first-order valence-electron chi connectivity index (χ1n) is 11.1. The minimum Gasteiger partial charge on any atom is -0.489 e. The van der Waals surface area contributed by atoms with E-state index in [2.05, 4.69) is 20.6 Å². The Balaban J connectivity index is 1.49. The van der Waals surface area contributed by atoms with Crippen LogP contribution in [0, 0.1) is 5.82 Å². The van der Waals surface area contributed by atoms with Gasteiger partial charge in [-0.05, 0) is 44.4 Å². The fraction of sp³-hybridized carbons (Fsp3) is 0.391. The molecule has 1 aliphatic rings. The third kappa shape index (κ3) is 5.22. The average Bonchev–Trinajstić information content (AvgIpc) is 3.44. The number of hydrogen-bond donors (Lipinski definition) is 2. The Hall–Kier alpha value is -3.40. The van der Waals surface area contributed by atoms with E-state index in [9.17, 15) is 14.0 Å². The molecule has 34 heavy (non-hydrogen) atoms. The van der Waals surface area contributed by atoms with Gasteiger partial charge in [0.15, 0.2) is 17.4 Å². The fourth-order valence-corrected chi connectivity index (χ4v) is 4.37. The van der Waals surface area contributed by atoms with Crippen LogP contribution in [-0.2, 0) is 18.3 Å². The third-order valence-electron chi connectivity index (χ3n) is 5.63. The van der Waals surface area contributed by atoms with Gasteiger partial charge in [-0.15, -0.1) is 0 Å². The van der Waals surface area contributed by atoms with E-state index in [1.54, 1.807) is 41.9 Å². The van der Waals surface area contributed by atoms with Crippen LogP contribution in [-0.4, -0.2) is 49.8 Å². The van der Waals surface area contributed by atoms with Gasteiger partial charge in [-0.25, -0.2) is 4.39 Å². The summed E-state index contributed by atoms with van der Waals surface area (Å²) in [5.74, 6) is -0.943. The minimum absolute atomic E-state index is 0.0539. The molecule has 1 saturated heterocycles. The van der Waals surface area contributed by atoms with Crippen LogP contribution < -0.4 is 10.1 Å². The van der Waals surface area contributed by atoms with Crippen molar-refractivity contribution in [2.24, 2.45) is 7.05 Å². The summed E-state index contributed by atoms with van der Waals surface area (Å²) in [6, 6.07) is 5.79. The number of anilines is 1. The molecule has 11 heteroatoms. The average molecular weight is 489 g/mol. The molecule has 1 aromatic carbocycles. The van der Waals surface area contributed by atoms with E-state index >= 15 is 0 Å². The van der Waals surface area contributed by atoms with Gasteiger partial charge in [-0.3, -0.25) is 19.4 Å². The summed E-state index contributed by atoms with van der Waals surface area (Å²) in [5.41, 5.74) is 1.50. The van der Waals surface area contributed by atoms with Gasteiger partial charge in [0.2, 0.25) is 5.91 Å². The number of carbonyl (C=O) groups excluding carboxylic acids is 2. The van der Waals surface area contributed by atoms with Gasteiger partial charge in [0, 0.05) is 31.4 Å². The van der Waals surface area contributed by atoms with E-state index in [-0.39, 0.29) is 47.2 Å². The molecule has 2 N–H and O–H groups in total. The summed E-state index contributed by atoms with van der Waals surface area (Å²) in [7, 11) is 1.79. The van der Waals surface area contributed by atoms with E-state index in [1.807, 2.05) is 0 Å². The summed E-state index contributed by atoms with van der Waals surface area (Å²) < 4.78 is 21.3. The van der Waals surface area contributed by atoms with Crippen LogP contribution in [0.15, 0.2) is 30.5 Å². The van der Waals surface area contributed by atoms with Crippen LogP contribution in [0.4, 0.5) is 10.2 Å². The molecule has 0 radical (unpaired) electrons. The first-order chi connectivity index (χ1) is 16.4. The van der Waals surface area contributed by atoms with Crippen LogP contribution in [0.1, 0.15) is 54.0 Å². The molecule has 1 fully saturated rings. The van der Waals surface area contributed by atoms with Crippen molar-refractivity contribution in [3.05, 3.63) is 58.3 Å². The van der Waals surface area contributed by atoms with Crippen molar-refractivity contribution < 1.29 is 18.7 Å². The molecule has 2 aromatic heterocycles. The summed E-state index contributed by atoms with van der Waals surface area (Å²) in [6.45, 7) is 2.50. The highest BCUT2D eigenvalue weighted by Gasteiger charge is 2.31. The largest absolute Gasteiger partial charge is 0.489 e. The second-order valence-electron chi connectivity index (χ2n) is 8.13. The smallest absolute Gasteiger partial charge is 0.254 e. The van der Waals surface area contributed by atoms with Crippen molar-refractivity contribution in [3.8, 4) is 5.75 Å².